The number of methoxy groups -OCH3 is 1. The third-order valence-corrected chi connectivity index (χ3v) is 5.82. The minimum atomic E-state index is -0.611. The van der Waals surface area contributed by atoms with Crippen molar-refractivity contribution in [2.45, 2.75) is 13.8 Å². The molecule has 0 saturated carbocycles. The summed E-state index contributed by atoms with van der Waals surface area (Å²) in [5.74, 6) is -1.17. The highest BCUT2D eigenvalue weighted by atomic mass is 35.5. The van der Waals surface area contributed by atoms with Gasteiger partial charge < -0.3 is 10.1 Å². The lowest BCUT2D eigenvalue weighted by Gasteiger charge is -2.10. The summed E-state index contributed by atoms with van der Waals surface area (Å²) in [6.45, 7) is 3.33. The number of rotatable bonds is 5. The van der Waals surface area contributed by atoms with Crippen LogP contribution in [0.2, 0.25) is 5.02 Å². The molecule has 0 radical (unpaired) electrons. The first kappa shape index (κ1) is 21.5. The van der Waals surface area contributed by atoms with Gasteiger partial charge >= 0.3 is 5.97 Å². The maximum Gasteiger partial charge on any atom is 0.341 e. The molecule has 0 aliphatic carbocycles. The highest BCUT2D eigenvalue weighted by Crippen LogP contribution is 2.41. The highest BCUT2D eigenvalue weighted by molar-refractivity contribution is 7.17. The topological polar surface area (TPSA) is 98.5 Å². The zero-order valence-corrected chi connectivity index (χ0v) is 17.9. The lowest BCUT2D eigenvalue weighted by molar-refractivity contribution is -0.385. The Hall–Kier alpha value is -3.23. The molecule has 0 aliphatic rings. The second kappa shape index (κ2) is 8.64. The molecular formula is C21H17ClN2O5S. The average Bonchev–Trinajstić information content (AvgIpc) is 3.02. The molecule has 2 aromatic carbocycles. The van der Waals surface area contributed by atoms with Crippen molar-refractivity contribution < 1.29 is 19.2 Å². The smallest absolute Gasteiger partial charge is 0.341 e. The van der Waals surface area contributed by atoms with Crippen molar-refractivity contribution in [1.82, 2.24) is 0 Å². The van der Waals surface area contributed by atoms with E-state index >= 15 is 0 Å². The molecule has 3 aromatic rings. The number of nitrogens with one attached hydrogen (secondary N) is 1. The Kier molecular flexibility index (Phi) is 6.19. The first-order valence-electron chi connectivity index (χ1n) is 8.77. The van der Waals surface area contributed by atoms with Crippen molar-refractivity contribution in [3.05, 3.63) is 79.2 Å². The molecule has 154 valence electrons. The van der Waals surface area contributed by atoms with Crippen LogP contribution in [0.4, 0.5) is 10.7 Å². The van der Waals surface area contributed by atoms with Crippen LogP contribution in [-0.2, 0) is 4.74 Å². The van der Waals surface area contributed by atoms with Gasteiger partial charge in [-0.25, -0.2) is 4.79 Å². The summed E-state index contributed by atoms with van der Waals surface area (Å²) >= 11 is 7.32. The van der Waals surface area contributed by atoms with Crippen molar-refractivity contribution in [2.24, 2.45) is 0 Å². The number of hydrogen-bond donors (Lipinski definition) is 1. The number of nitro groups is 1. The Balaban J connectivity index is 2.08. The summed E-state index contributed by atoms with van der Waals surface area (Å²) in [5, 5.41) is 14.7. The number of carbonyl (C=O) groups excluding carboxylic acids is 2. The third kappa shape index (κ3) is 4.05. The number of amides is 1. The zero-order valence-electron chi connectivity index (χ0n) is 16.3. The molecule has 0 fully saturated rings. The Morgan fingerprint density at radius 2 is 1.87 bits per heavy atom. The molecule has 0 spiro atoms. The number of esters is 1. The number of hydrogen-bond acceptors (Lipinski definition) is 6. The van der Waals surface area contributed by atoms with Gasteiger partial charge in [-0.05, 0) is 37.6 Å². The fourth-order valence-electron chi connectivity index (χ4n) is 3.16. The number of thiophene rings is 1. The van der Waals surface area contributed by atoms with E-state index in [1.54, 1.807) is 18.2 Å². The maximum atomic E-state index is 12.9. The first-order chi connectivity index (χ1) is 14.2. The quantitative estimate of drug-likeness (QED) is 0.312. The van der Waals surface area contributed by atoms with E-state index < -0.39 is 16.8 Å². The normalized spacial score (nSPS) is 10.5. The lowest BCUT2D eigenvalue weighted by atomic mass is 10.0. The fraction of sp³-hybridized carbons (Fsp3) is 0.143. The number of aryl methyl sites for hydroxylation is 1. The van der Waals surface area contributed by atoms with Crippen molar-refractivity contribution in [1.29, 1.82) is 0 Å². The average molecular weight is 445 g/mol. The molecule has 3 rings (SSSR count). The van der Waals surface area contributed by atoms with Crippen LogP contribution in [0.15, 0.2) is 42.5 Å². The summed E-state index contributed by atoms with van der Waals surface area (Å²) in [6, 6.07) is 11.3. The summed E-state index contributed by atoms with van der Waals surface area (Å²) in [7, 11) is 1.26. The zero-order chi connectivity index (χ0) is 22.0. The second-order valence-electron chi connectivity index (χ2n) is 6.40. The van der Waals surface area contributed by atoms with E-state index in [2.05, 4.69) is 5.32 Å². The third-order valence-electron chi connectivity index (χ3n) is 4.56. The van der Waals surface area contributed by atoms with E-state index in [0.29, 0.717) is 21.2 Å². The Bertz CT molecular complexity index is 1170. The van der Waals surface area contributed by atoms with Gasteiger partial charge in [-0.1, -0.05) is 29.8 Å². The first-order valence-corrected chi connectivity index (χ1v) is 9.97. The van der Waals surface area contributed by atoms with Crippen LogP contribution in [0.3, 0.4) is 0 Å². The largest absolute Gasteiger partial charge is 0.465 e. The fourth-order valence-corrected chi connectivity index (χ4v) is 4.41. The van der Waals surface area contributed by atoms with Crippen LogP contribution in [0.25, 0.3) is 11.1 Å². The number of nitrogens with zero attached hydrogens (tertiary/aromatic N) is 1. The summed E-state index contributed by atoms with van der Waals surface area (Å²) < 4.78 is 4.94. The van der Waals surface area contributed by atoms with Crippen LogP contribution >= 0.6 is 22.9 Å². The molecule has 0 atom stereocenters. The van der Waals surface area contributed by atoms with Gasteiger partial charge in [0.25, 0.3) is 11.6 Å². The number of ether oxygens (including phenoxy) is 1. The molecule has 0 saturated heterocycles. The maximum absolute atomic E-state index is 12.9. The van der Waals surface area contributed by atoms with Crippen molar-refractivity contribution in [3.8, 4) is 11.1 Å². The Morgan fingerprint density at radius 1 is 1.17 bits per heavy atom. The molecule has 1 amide bonds. The van der Waals surface area contributed by atoms with Crippen LogP contribution in [0.5, 0.6) is 0 Å². The summed E-state index contributed by atoms with van der Waals surface area (Å²) in [5.41, 5.74) is 1.76. The predicted molar refractivity (Wildman–Crippen MR) is 117 cm³/mol. The minimum Gasteiger partial charge on any atom is -0.465 e. The van der Waals surface area contributed by atoms with E-state index in [-0.39, 0.29) is 22.4 Å². The summed E-state index contributed by atoms with van der Waals surface area (Å²) in [6.07, 6.45) is 0. The standard InChI is InChI=1S/C21H17ClN2O5S/c1-11-15(8-5-9-16(11)24(27)28)19(25)23-20-18(21(26)29-3)17(12(2)30-20)13-6-4-7-14(22)10-13/h4-10H,1-3H3,(H,23,25). The lowest BCUT2D eigenvalue weighted by Crippen LogP contribution is -2.16. The van der Waals surface area contributed by atoms with Gasteiger partial charge in [-0.15, -0.1) is 11.3 Å². The molecule has 1 heterocycles. The SMILES string of the molecule is COC(=O)c1c(NC(=O)c2cccc([N+](=O)[O-])c2C)sc(C)c1-c1cccc(Cl)c1. The Labute approximate surface area is 181 Å². The molecule has 9 heteroatoms. The number of carbonyl (C=O) groups is 2. The van der Waals surface area contributed by atoms with Gasteiger partial charge in [-0.2, -0.15) is 0 Å². The number of anilines is 1. The van der Waals surface area contributed by atoms with E-state index in [4.69, 9.17) is 16.3 Å². The van der Waals surface area contributed by atoms with Crippen molar-refractivity contribution in [3.63, 3.8) is 0 Å². The molecule has 1 N–H and O–H groups in total. The number of benzene rings is 2. The molecule has 30 heavy (non-hydrogen) atoms. The van der Waals surface area contributed by atoms with Crippen LogP contribution < -0.4 is 5.32 Å². The van der Waals surface area contributed by atoms with Crippen LogP contribution in [0.1, 0.15) is 31.2 Å². The highest BCUT2D eigenvalue weighted by Gasteiger charge is 2.26. The Morgan fingerprint density at radius 3 is 2.50 bits per heavy atom. The second-order valence-corrected chi connectivity index (χ2v) is 8.06. The predicted octanol–water partition coefficient (Wildman–Crippen LogP) is 5.63. The van der Waals surface area contributed by atoms with Gasteiger partial charge in [-0.3, -0.25) is 14.9 Å². The van der Waals surface area contributed by atoms with Crippen LogP contribution in [0, 0.1) is 24.0 Å². The van der Waals surface area contributed by atoms with Gasteiger partial charge in [0.2, 0.25) is 0 Å². The summed E-state index contributed by atoms with van der Waals surface area (Å²) in [4.78, 5) is 36.9. The van der Waals surface area contributed by atoms with E-state index in [9.17, 15) is 19.7 Å². The van der Waals surface area contributed by atoms with E-state index in [1.807, 2.05) is 13.0 Å². The van der Waals surface area contributed by atoms with E-state index in [1.165, 1.54) is 43.6 Å². The van der Waals surface area contributed by atoms with Crippen molar-refractivity contribution in [2.75, 3.05) is 12.4 Å². The van der Waals surface area contributed by atoms with Crippen LogP contribution in [-0.4, -0.2) is 23.9 Å². The number of halogens is 1. The van der Waals surface area contributed by atoms with Gasteiger partial charge in [0.15, 0.2) is 0 Å². The molecule has 0 unspecified atom stereocenters. The van der Waals surface area contributed by atoms with Gasteiger partial charge in [0.1, 0.15) is 10.6 Å². The molecule has 7 nitrogen and oxygen atoms in total. The van der Waals surface area contributed by atoms with E-state index in [0.717, 1.165) is 4.88 Å². The van der Waals surface area contributed by atoms with Gasteiger partial charge in [0.05, 0.1) is 12.0 Å². The minimum absolute atomic E-state index is 0.148. The molecule has 0 aliphatic heterocycles. The van der Waals surface area contributed by atoms with Crippen molar-refractivity contribution >= 4 is 45.5 Å². The van der Waals surface area contributed by atoms with Gasteiger partial charge in [0, 0.05) is 32.7 Å². The molecule has 1 aromatic heterocycles. The monoisotopic (exact) mass is 444 g/mol. The molecular weight excluding hydrogens is 428 g/mol. The number of nitro benzene ring substituents is 1. The molecule has 0 bridgehead atoms.